The number of carboxylic acids is 1. The predicted octanol–water partition coefficient (Wildman–Crippen LogP) is 2.28. The van der Waals surface area contributed by atoms with E-state index in [4.69, 9.17) is 0 Å². The van der Waals surface area contributed by atoms with Crippen LogP contribution in [0.1, 0.15) is 40.5 Å². The molecule has 0 saturated carbocycles. The fraction of sp³-hybridized carbons (Fsp3) is 0.545. The molecule has 0 spiro atoms. The molecule has 4 amide bonds. The van der Waals surface area contributed by atoms with Gasteiger partial charge in [0.1, 0.15) is 18.1 Å². The average molecular weight is 431 g/mol. The maximum Gasteiger partial charge on any atom is 0.326 e. The molecule has 9 nitrogen and oxygen atoms in total. The van der Waals surface area contributed by atoms with Crippen LogP contribution in [-0.2, 0) is 14.4 Å². The van der Waals surface area contributed by atoms with Gasteiger partial charge in [0.15, 0.2) is 0 Å². The lowest BCUT2D eigenvalue weighted by Crippen LogP contribution is -2.61. The fourth-order valence-corrected chi connectivity index (χ4v) is 4.28. The van der Waals surface area contributed by atoms with Crippen molar-refractivity contribution in [3.05, 3.63) is 24.3 Å². The Hall–Kier alpha value is -3.10. The summed E-state index contributed by atoms with van der Waals surface area (Å²) in [6, 6.07) is 3.93. The largest absolute Gasteiger partial charge is 0.480 e. The Morgan fingerprint density at radius 3 is 2.45 bits per heavy atom. The number of benzene rings is 1. The molecule has 0 radical (unpaired) electrons. The number of carboxylic acid groups (broad SMARTS) is 1. The molecule has 1 aromatic carbocycles. The van der Waals surface area contributed by atoms with Crippen LogP contribution in [0.3, 0.4) is 0 Å². The van der Waals surface area contributed by atoms with Gasteiger partial charge < -0.3 is 20.6 Å². The SMILES string of the molecule is CC(C)[C@H]1C(=O)Nc2ccccc2N1C(=O)N[C@@H](C(=O)N1CCC[C@@H]1C(=O)O)C(C)C. The van der Waals surface area contributed by atoms with E-state index in [-0.39, 0.29) is 17.7 Å². The molecule has 0 unspecified atom stereocenters. The van der Waals surface area contributed by atoms with E-state index in [0.29, 0.717) is 30.8 Å². The van der Waals surface area contributed by atoms with E-state index in [1.807, 2.05) is 13.8 Å². The van der Waals surface area contributed by atoms with E-state index >= 15 is 0 Å². The minimum Gasteiger partial charge on any atom is -0.480 e. The second kappa shape index (κ2) is 8.95. The highest BCUT2D eigenvalue weighted by atomic mass is 16.4. The number of carbonyl (C=O) groups is 4. The zero-order chi connectivity index (χ0) is 22.9. The molecule has 2 heterocycles. The minimum atomic E-state index is -1.04. The maximum atomic E-state index is 13.4. The van der Waals surface area contributed by atoms with Gasteiger partial charge >= 0.3 is 12.0 Å². The van der Waals surface area contributed by atoms with Crippen LogP contribution >= 0.6 is 0 Å². The average Bonchev–Trinajstić information content (AvgIpc) is 3.20. The van der Waals surface area contributed by atoms with Gasteiger partial charge in [0.2, 0.25) is 11.8 Å². The van der Waals surface area contributed by atoms with Gasteiger partial charge in [-0.25, -0.2) is 9.59 Å². The van der Waals surface area contributed by atoms with Gasteiger partial charge in [-0.2, -0.15) is 0 Å². The third kappa shape index (κ3) is 4.35. The van der Waals surface area contributed by atoms with Crippen molar-refractivity contribution in [3.63, 3.8) is 0 Å². The number of hydrogen-bond donors (Lipinski definition) is 3. The lowest BCUT2D eigenvalue weighted by molar-refractivity contribution is -0.149. The third-order valence-electron chi connectivity index (χ3n) is 5.85. The summed E-state index contributed by atoms with van der Waals surface area (Å²) in [6.07, 6.45) is 1.01. The van der Waals surface area contributed by atoms with E-state index in [1.165, 1.54) is 9.80 Å². The molecular weight excluding hydrogens is 400 g/mol. The number of likely N-dealkylation sites (tertiary alicyclic amines) is 1. The molecule has 1 saturated heterocycles. The summed E-state index contributed by atoms with van der Waals surface area (Å²) in [6.45, 7) is 7.64. The van der Waals surface area contributed by atoms with E-state index < -0.39 is 36.0 Å². The predicted molar refractivity (Wildman–Crippen MR) is 116 cm³/mol. The number of fused-ring (bicyclic) bond motifs is 1. The number of nitrogens with one attached hydrogen (secondary N) is 2. The highest BCUT2D eigenvalue weighted by Crippen LogP contribution is 2.34. The molecule has 3 rings (SSSR count). The maximum absolute atomic E-state index is 13.4. The lowest BCUT2D eigenvalue weighted by atomic mass is 9.97. The molecule has 3 N–H and O–H groups in total. The Morgan fingerprint density at radius 1 is 1.16 bits per heavy atom. The zero-order valence-corrected chi connectivity index (χ0v) is 18.3. The first-order valence-corrected chi connectivity index (χ1v) is 10.7. The number of aliphatic carboxylic acids is 1. The number of para-hydroxylation sites is 2. The molecule has 31 heavy (non-hydrogen) atoms. The zero-order valence-electron chi connectivity index (χ0n) is 18.3. The molecule has 2 aliphatic heterocycles. The molecule has 3 atom stereocenters. The number of amides is 4. The number of anilines is 2. The van der Waals surface area contributed by atoms with E-state index in [1.54, 1.807) is 38.1 Å². The number of hydrogen-bond acceptors (Lipinski definition) is 4. The minimum absolute atomic E-state index is 0.165. The summed E-state index contributed by atoms with van der Waals surface area (Å²) in [7, 11) is 0. The summed E-state index contributed by atoms with van der Waals surface area (Å²) in [5, 5.41) is 15.1. The van der Waals surface area contributed by atoms with Gasteiger partial charge in [0.05, 0.1) is 11.4 Å². The van der Waals surface area contributed by atoms with Crippen molar-refractivity contribution < 1.29 is 24.3 Å². The molecule has 0 aliphatic carbocycles. The monoisotopic (exact) mass is 430 g/mol. The third-order valence-corrected chi connectivity index (χ3v) is 5.85. The molecule has 9 heteroatoms. The van der Waals surface area contributed by atoms with Gasteiger partial charge in [-0.1, -0.05) is 39.8 Å². The van der Waals surface area contributed by atoms with Crippen LogP contribution < -0.4 is 15.5 Å². The van der Waals surface area contributed by atoms with Crippen molar-refractivity contribution in [2.75, 3.05) is 16.8 Å². The first-order chi connectivity index (χ1) is 14.6. The summed E-state index contributed by atoms with van der Waals surface area (Å²) in [4.78, 5) is 53.6. The highest BCUT2D eigenvalue weighted by Gasteiger charge is 2.42. The molecule has 0 bridgehead atoms. The van der Waals surface area contributed by atoms with Gasteiger partial charge in [-0.05, 0) is 36.8 Å². The van der Waals surface area contributed by atoms with E-state index in [9.17, 15) is 24.3 Å². The Balaban J connectivity index is 1.90. The quantitative estimate of drug-likeness (QED) is 0.662. The molecule has 1 aromatic rings. The molecule has 168 valence electrons. The van der Waals surface area contributed by atoms with Gasteiger partial charge in [0.25, 0.3) is 0 Å². The summed E-state index contributed by atoms with van der Waals surface area (Å²) >= 11 is 0. The summed E-state index contributed by atoms with van der Waals surface area (Å²) in [5.74, 6) is -2.17. The number of rotatable bonds is 5. The number of nitrogens with zero attached hydrogens (tertiary/aromatic N) is 2. The first-order valence-electron chi connectivity index (χ1n) is 10.7. The van der Waals surface area contributed by atoms with Gasteiger partial charge in [-0.15, -0.1) is 0 Å². The van der Waals surface area contributed by atoms with Crippen LogP contribution in [0.5, 0.6) is 0 Å². The van der Waals surface area contributed by atoms with Crippen molar-refractivity contribution in [2.24, 2.45) is 11.8 Å². The van der Waals surface area contributed by atoms with Crippen LogP contribution in [0.4, 0.5) is 16.2 Å². The van der Waals surface area contributed by atoms with Gasteiger partial charge in [-0.3, -0.25) is 14.5 Å². The number of urea groups is 1. The topological polar surface area (TPSA) is 119 Å². The number of carbonyl (C=O) groups excluding carboxylic acids is 3. The Labute approximate surface area is 181 Å². The van der Waals surface area contributed by atoms with Crippen molar-refractivity contribution in [2.45, 2.75) is 58.7 Å². The highest BCUT2D eigenvalue weighted by molar-refractivity contribution is 6.12. The summed E-state index contributed by atoms with van der Waals surface area (Å²) in [5.41, 5.74) is 1.08. The van der Waals surface area contributed by atoms with Crippen LogP contribution in [-0.4, -0.2) is 58.5 Å². The Kier molecular flexibility index (Phi) is 6.52. The van der Waals surface area contributed by atoms with Crippen molar-refractivity contribution in [1.29, 1.82) is 0 Å². The van der Waals surface area contributed by atoms with Gasteiger partial charge in [0, 0.05) is 6.54 Å². The van der Waals surface area contributed by atoms with Crippen LogP contribution in [0.15, 0.2) is 24.3 Å². The molecule has 0 aromatic heterocycles. The second-order valence-electron chi connectivity index (χ2n) is 8.76. The van der Waals surface area contributed by atoms with Crippen molar-refractivity contribution >= 4 is 35.2 Å². The Morgan fingerprint density at radius 2 is 1.84 bits per heavy atom. The van der Waals surface area contributed by atoms with E-state index in [0.717, 1.165) is 0 Å². The van der Waals surface area contributed by atoms with Crippen LogP contribution in [0, 0.1) is 11.8 Å². The molecule has 1 fully saturated rings. The van der Waals surface area contributed by atoms with Crippen LogP contribution in [0.25, 0.3) is 0 Å². The van der Waals surface area contributed by atoms with Crippen molar-refractivity contribution in [3.8, 4) is 0 Å². The van der Waals surface area contributed by atoms with Crippen LogP contribution in [0.2, 0.25) is 0 Å². The molecule has 2 aliphatic rings. The fourth-order valence-electron chi connectivity index (χ4n) is 4.28. The first kappa shape index (κ1) is 22.6. The smallest absolute Gasteiger partial charge is 0.326 e. The molecular formula is C22H30N4O5. The normalized spacial score (nSPS) is 21.7. The second-order valence-corrected chi connectivity index (χ2v) is 8.76. The van der Waals surface area contributed by atoms with E-state index in [2.05, 4.69) is 10.6 Å². The lowest BCUT2D eigenvalue weighted by Gasteiger charge is -2.39. The Bertz CT molecular complexity index is 884. The van der Waals surface area contributed by atoms with Crippen molar-refractivity contribution in [1.82, 2.24) is 10.2 Å². The standard InChI is InChI=1S/C22H30N4O5/c1-12(2)17(20(28)25-11-7-10-16(25)21(29)30)24-22(31)26-15-9-6-5-8-14(15)23-19(27)18(26)13(3)4/h5-6,8-9,12-13,16-18H,7,10-11H2,1-4H3,(H,23,27)(H,24,31)(H,29,30)/t16-,17-,18+/m1/s1. The summed E-state index contributed by atoms with van der Waals surface area (Å²) < 4.78 is 0.